The second-order valence-electron chi connectivity index (χ2n) is 4.62. The highest BCUT2D eigenvalue weighted by Gasteiger charge is 2.22. The molecule has 0 unspecified atom stereocenters. The number of benzene rings is 1. The molecule has 0 heterocycles. The quantitative estimate of drug-likeness (QED) is 0.866. The van der Waals surface area contributed by atoms with Crippen molar-refractivity contribution in [1.29, 1.82) is 0 Å². The first-order valence-electron chi connectivity index (χ1n) is 6.01. The molecule has 0 saturated heterocycles. The SMILES string of the molecule is NCc1ccc(Br)c(S(=O)(=O)NCC2CCC2)c1. The second-order valence-corrected chi connectivity index (χ2v) is 7.21. The molecule has 1 aromatic rings. The van der Waals surface area contributed by atoms with Gasteiger partial charge in [-0.3, -0.25) is 0 Å². The fourth-order valence-electron chi connectivity index (χ4n) is 1.88. The van der Waals surface area contributed by atoms with E-state index in [0.717, 1.165) is 18.4 Å². The van der Waals surface area contributed by atoms with Gasteiger partial charge in [0.1, 0.15) is 0 Å². The molecule has 1 aromatic carbocycles. The first-order chi connectivity index (χ1) is 8.53. The summed E-state index contributed by atoms with van der Waals surface area (Å²) in [6.07, 6.45) is 3.44. The van der Waals surface area contributed by atoms with Gasteiger partial charge in [-0.1, -0.05) is 12.5 Å². The maximum absolute atomic E-state index is 12.2. The minimum absolute atomic E-state index is 0.268. The summed E-state index contributed by atoms with van der Waals surface area (Å²) < 4.78 is 27.6. The highest BCUT2D eigenvalue weighted by molar-refractivity contribution is 9.10. The van der Waals surface area contributed by atoms with Crippen molar-refractivity contribution in [2.24, 2.45) is 11.7 Å². The van der Waals surface area contributed by atoms with Crippen molar-refractivity contribution in [3.63, 3.8) is 0 Å². The van der Waals surface area contributed by atoms with Crippen molar-refractivity contribution < 1.29 is 8.42 Å². The van der Waals surface area contributed by atoms with Gasteiger partial charge >= 0.3 is 0 Å². The van der Waals surface area contributed by atoms with Crippen molar-refractivity contribution in [3.05, 3.63) is 28.2 Å². The molecule has 0 radical (unpaired) electrons. The van der Waals surface area contributed by atoms with E-state index in [1.807, 2.05) is 6.07 Å². The summed E-state index contributed by atoms with van der Waals surface area (Å²) >= 11 is 3.27. The number of sulfonamides is 1. The van der Waals surface area contributed by atoms with Crippen molar-refractivity contribution in [3.8, 4) is 0 Å². The predicted molar refractivity (Wildman–Crippen MR) is 74.6 cm³/mol. The van der Waals surface area contributed by atoms with Crippen molar-refractivity contribution >= 4 is 26.0 Å². The molecule has 1 fully saturated rings. The van der Waals surface area contributed by atoms with Crippen LogP contribution in [-0.4, -0.2) is 15.0 Å². The summed E-state index contributed by atoms with van der Waals surface area (Å²) in [4.78, 5) is 0.268. The highest BCUT2D eigenvalue weighted by atomic mass is 79.9. The summed E-state index contributed by atoms with van der Waals surface area (Å²) in [5, 5.41) is 0. The Balaban J connectivity index is 2.16. The summed E-state index contributed by atoms with van der Waals surface area (Å²) in [5.74, 6) is 0.497. The van der Waals surface area contributed by atoms with Crippen LogP contribution in [0.15, 0.2) is 27.6 Å². The molecule has 0 aliphatic heterocycles. The average molecular weight is 333 g/mol. The van der Waals surface area contributed by atoms with Crippen LogP contribution >= 0.6 is 15.9 Å². The molecule has 4 nitrogen and oxygen atoms in total. The molecule has 0 aromatic heterocycles. The Morgan fingerprint density at radius 2 is 2.11 bits per heavy atom. The van der Waals surface area contributed by atoms with E-state index in [-0.39, 0.29) is 4.90 Å². The van der Waals surface area contributed by atoms with E-state index in [1.165, 1.54) is 6.42 Å². The fraction of sp³-hybridized carbons (Fsp3) is 0.500. The van der Waals surface area contributed by atoms with Crippen LogP contribution in [0.5, 0.6) is 0 Å². The number of rotatable bonds is 5. The van der Waals surface area contributed by atoms with Crippen LogP contribution < -0.4 is 10.5 Å². The molecule has 0 spiro atoms. The minimum Gasteiger partial charge on any atom is -0.326 e. The van der Waals surface area contributed by atoms with Gasteiger partial charge < -0.3 is 5.73 Å². The lowest BCUT2D eigenvalue weighted by atomic mass is 9.86. The first kappa shape index (κ1) is 14.0. The van der Waals surface area contributed by atoms with E-state index in [4.69, 9.17) is 5.73 Å². The zero-order chi connectivity index (χ0) is 13.2. The zero-order valence-electron chi connectivity index (χ0n) is 10.0. The highest BCUT2D eigenvalue weighted by Crippen LogP contribution is 2.27. The lowest BCUT2D eigenvalue weighted by Gasteiger charge is -2.25. The second kappa shape index (κ2) is 5.69. The topological polar surface area (TPSA) is 72.2 Å². The van der Waals surface area contributed by atoms with E-state index in [1.54, 1.807) is 12.1 Å². The summed E-state index contributed by atoms with van der Waals surface area (Å²) in [5.41, 5.74) is 6.34. The summed E-state index contributed by atoms with van der Waals surface area (Å²) in [6.45, 7) is 0.861. The molecular weight excluding hydrogens is 316 g/mol. The Hall–Kier alpha value is -0.430. The standard InChI is InChI=1S/C12H17BrN2O2S/c13-11-5-4-10(7-14)6-12(11)18(16,17)15-8-9-2-1-3-9/h4-6,9,15H,1-3,7-8,14H2. The van der Waals surface area contributed by atoms with Crippen LogP contribution in [0, 0.1) is 5.92 Å². The maximum atomic E-state index is 12.2. The van der Waals surface area contributed by atoms with Crippen molar-refractivity contribution in [2.75, 3.05) is 6.54 Å². The molecule has 0 atom stereocenters. The van der Waals surface area contributed by atoms with Gasteiger partial charge in [0.05, 0.1) is 4.90 Å². The molecule has 1 saturated carbocycles. The van der Waals surface area contributed by atoms with Crippen LogP contribution in [0.2, 0.25) is 0 Å². The van der Waals surface area contributed by atoms with E-state index in [9.17, 15) is 8.42 Å². The van der Waals surface area contributed by atoms with Crippen LogP contribution in [-0.2, 0) is 16.6 Å². The number of halogens is 1. The molecule has 0 bridgehead atoms. The smallest absolute Gasteiger partial charge is 0.241 e. The van der Waals surface area contributed by atoms with Crippen molar-refractivity contribution in [1.82, 2.24) is 4.72 Å². The largest absolute Gasteiger partial charge is 0.326 e. The molecule has 3 N–H and O–H groups in total. The van der Waals surface area contributed by atoms with Gasteiger partial charge in [-0.05, 0) is 52.4 Å². The lowest BCUT2D eigenvalue weighted by molar-refractivity contribution is 0.316. The molecule has 100 valence electrons. The fourth-order valence-corrected chi connectivity index (χ4v) is 4.01. The average Bonchev–Trinajstić information content (AvgIpc) is 2.27. The molecule has 1 aliphatic carbocycles. The molecular formula is C12H17BrN2O2S. The van der Waals surface area contributed by atoms with Gasteiger partial charge in [0.2, 0.25) is 10.0 Å². The van der Waals surface area contributed by atoms with E-state index in [0.29, 0.717) is 23.5 Å². The molecule has 1 aliphatic rings. The number of nitrogens with two attached hydrogens (primary N) is 1. The maximum Gasteiger partial charge on any atom is 0.241 e. The number of hydrogen-bond donors (Lipinski definition) is 2. The summed E-state index contributed by atoms with van der Waals surface area (Å²) in [6, 6.07) is 5.16. The number of hydrogen-bond acceptors (Lipinski definition) is 3. The van der Waals surface area contributed by atoms with Gasteiger partial charge in [-0.15, -0.1) is 0 Å². The zero-order valence-corrected chi connectivity index (χ0v) is 12.4. The Morgan fingerprint density at radius 3 is 2.67 bits per heavy atom. The Bertz CT molecular complexity index is 527. The molecule has 18 heavy (non-hydrogen) atoms. The molecule has 2 rings (SSSR count). The van der Waals surface area contributed by atoms with Crippen LogP contribution in [0.1, 0.15) is 24.8 Å². The number of nitrogens with one attached hydrogen (secondary N) is 1. The van der Waals surface area contributed by atoms with Crippen LogP contribution in [0.4, 0.5) is 0 Å². The van der Waals surface area contributed by atoms with Gasteiger partial charge in [0.15, 0.2) is 0 Å². The van der Waals surface area contributed by atoms with Crippen LogP contribution in [0.3, 0.4) is 0 Å². The minimum atomic E-state index is -3.45. The van der Waals surface area contributed by atoms with E-state index in [2.05, 4.69) is 20.7 Å². The Morgan fingerprint density at radius 1 is 1.39 bits per heavy atom. The first-order valence-corrected chi connectivity index (χ1v) is 8.28. The van der Waals surface area contributed by atoms with Gasteiger partial charge in [0.25, 0.3) is 0 Å². The summed E-state index contributed by atoms with van der Waals surface area (Å²) in [7, 11) is -3.45. The van der Waals surface area contributed by atoms with E-state index < -0.39 is 10.0 Å². The normalized spacial score (nSPS) is 16.6. The Labute approximate surface area is 116 Å². The van der Waals surface area contributed by atoms with Gasteiger partial charge in [0, 0.05) is 17.6 Å². The van der Waals surface area contributed by atoms with E-state index >= 15 is 0 Å². The third-order valence-corrected chi connectivity index (χ3v) is 5.73. The third kappa shape index (κ3) is 3.12. The van der Waals surface area contributed by atoms with Gasteiger partial charge in [-0.2, -0.15) is 0 Å². The van der Waals surface area contributed by atoms with Gasteiger partial charge in [-0.25, -0.2) is 13.1 Å². The molecule has 6 heteroatoms. The third-order valence-electron chi connectivity index (χ3n) is 3.31. The Kier molecular flexibility index (Phi) is 4.42. The predicted octanol–water partition coefficient (Wildman–Crippen LogP) is 1.99. The lowest BCUT2D eigenvalue weighted by Crippen LogP contribution is -2.32. The van der Waals surface area contributed by atoms with Crippen LogP contribution in [0.25, 0.3) is 0 Å². The van der Waals surface area contributed by atoms with Crippen molar-refractivity contribution in [2.45, 2.75) is 30.7 Å². The monoisotopic (exact) mass is 332 g/mol. The molecule has 0 amide bonds.